The molecular formula is C15H19NO3. The summed E-state index contributed by atoms with van der Waals surface area (Å²) in [5.41, 5.74) is 2.86. The first-order chi connectivity index (χ1) is 9.26. The van der Waals surface area contributed by atoms with Crippen LogP contribution in [-0.4, -0.2) is 31.8 Å². The summed E-state index contributed by atoms with van der Waals surface area (Å²) in [5, 5.41) is 3.13. The number of esters is 1. The van der Waals surface area contributed by atoms with Gasteiger partial charge in [-0.1, -0.05) is 6.07 Å². The van der Waals surface area contributed by atoms with E-state index in [9.17, 15) is 4.79 Å². The van der Waals surface area contributed by atoms with Gasteiger partial charge < -0.3 is 14.8 Å². The molecule has 1 N–H and O–H groups in total. The molecular weight excluding hydrogens is 242 g/mol. The summed E-state index contributed by atoms with van der Waals surface area (Å²) in [7, 11) is 1.42. The molecule has 0 bridgehead atoms. The molecule has 0 saturated carbocycles. The number of nitrogens with one attached hydrogen (secondary N) is 1. The SMILES string of the molecule is COC(=O)[C@@H]1C[C@H](Oc2ccc3c(c2)CCC3)CN1. The van der Waals surface area contributed by atoms with Gasteiger partial charge in [0.15, 0.2) is 0 Å². The van der Waals surface area contributed by atoms with E-state index in [1.165, 1.54) is 31.1 Å². The molecule has 4 nitrogen and oxygen atoms in total. The lowest BCUT2D eigenvalue weighted by Gasteiger charge is -2.13. The molecule has 102 valence electrons. The van der Waals surface area contributed by atoms with Crippen LogP contribution >= 0.6 is 0 Å². The Balaban J connectivity index is 1.62. The Kier molecular flexibility index (Phi) is 3.42. The average Bonchev–Trinajstić information content (AvgIpc) is 3.06. The van der Waals surface area contributed by atoms with Crippen molar-refractivity contribution in [3.8, 4) is 5.75 Å². The second-order valence-electron chi connectivity index (χ2n) is 5.24. The van der Waals surface area contributed by atoms with Crippen molar-refractivity contribution >= 4 is 5.97 Å². The maximum absolute atomic E-state index is 11.4. The molecule has 1 aliphatic heterocycles. The fraction of sp³-hybridized carbons (Fsp3) is 0.533. The number of carbonyl (C=O) groups is 1. The highest BCUT2D eigenvalue weighted by molar-refractivity contribution is 5.76. The van der Waals surface area contributed by atoms with Crippen molar-refractivity contribution in [1.29, 1.82) is 0 Å². The number of aryl methyl sites for hydroxylation is 2. The summed E-state index contributed by atoms with van der Waals surface area (Å²) in [6.07, 6.45) is 4.30. The molecule has 1 heterocycles. The molecule has 0 spiro atoms. The lowest BCUT2D eigenvalue weighted by atomic mass is 10.1. The number of rotatable bonds is 3. The van der Waals surface area contributed by atoms with Crippen molar-refractivity contribution in [3.05, 3.63) is 29.3 Å². The van der Waals surface area contributed by atoms with E-state index in [0.717, 1.165) is 12.2 Å². The van der Waals surface area contributed by atoms with Gasteiger partial charge >= 0.3 is 5.97 Å². The lowest BCUT2D eigenvalue weighted by Crippen LogP contribution is -2.31. The Morgan fingerprint density at radius 3 is 3.00 bits per heavy atom. The van der Waals surface area contributed by atoms with E-state index in [2.05, 4.69) is 17.4 Å². The second-order valence-corrected chi connectivity index (χ2v) is 5.24. The molecule has 1 fully saturated rings. The average molecular weight is 261 g/mol. The van der Waals surface area contributed by atoms with E-state index in [1.807, 2.05) is 6.07 Å². The fourth-order valence-corrected chi connectivity index (χ4v) is 2.93. The molecule has 19 heavy (non-hydrogen) atoms. The predicted molar refractivity (Wildman–Crippen MR) is 71.3 cm³/mol. The van der Waals surface area contributed by atoms with Crippen LogP contribution in [0, 0.1) is 0 Å². The Bertz CT molecular complexity index is 486. The number of hydrogen-bond donors (Lipinski definition) is 1. The maximum atomic E-state index is 11.4. The normalized spacial score (nSPS) is 25.1. The molecule has 2 atom stereocenters. The van der Waals surface area contributed by atoms with E-state index in [-0.39, 0.29) is 18.1 Å². The van der Waals surface area contributed by atoms with Crippen molar-refractivity contribution in [2.24, 2.45) is 0 Å². The van der Waals surface area contributed by atoms with E-state index < -0.39 is 0 Å². The van der Waals surface area contributed by atoms with Crippen molar-refractivity contribution < 1.29 is 14.3 Å². The second kappa shape index (κ2) is 5.21. The molecule has 0 amide bonds. The van der Waals surface area contributed by atoms with Crippen LogP contribution in [0.25, 0.3) is 0 Å². The molecule has 0 aromatic heterocycles. The third-order valence-corrected chi connectivity index (χ3v) is 3.95. The van der Waals surface area contributed by atoms with Crippen LogP contribution in [0.4, 0.5) is 0 Å². The Morgan fingerprint density at radius 2 is 2.16 bits per heavy atom. The minimum atomic E-state index is -0.232. The number of ether oxygens (including phenoxy) is 2. The summed E-state index contributed by atoms with van der Waals surface area (Å²) in [6.45, 7) is 0.691. The summed E-state index contributed by atoms with van der Waals surface area (Å²) in [5.74, 6) is 0.706. The number of hydrogen-bond acceptors (Lipinski definition) is 4. The molecule has 3 rings (SSSR count). The maximum Gasteiger partial charge on any atom is 0.323 e. The molecule has 2 aliphatic rings. The van der Waals surface area contributed by atoms with E-state index in [1.54, 1.807) is 0 Å². The largest absolute Gasteiger partial charge is 0.489 e. The molecule has 1 aromatic rings. The fourth-order valence-electron chi connectivity index (χ4n) is 2.93. The van der Waals surface area contributed by atoms with Gasteiger partial charge in [-0.3, -0.25) is 4.79 Å². The van der Waals surface area contributed by atoms with Gasteiger partial charge in [0.2, 0.25) is 0 Å². The first-order valence-electron chi connectivity index (χ1n) is 6.86. The third-order valence-electron chi connectivity index (χ3n) is 3.95. The minimum Gasteiger partial charge on any atom is -0.489 e. The third kappa shape index (κ3) is 2.59. The van der Waals surface area contributed by atoms with Crippen LogP contribution in [0.15, 0.2) is 18.2 Å². The highest BCUT2D eigenvalue weighted by atomic mass is 16.5. The van der Waals surface area contributed by atoms with Crippen LogP contribution in [0.5, 0.6) is 5.75 Å². The zero-order valence-electron chi connectivity index (χ0n) is 11.1. The zero-order valence-corrected chi connectivity index (χ0v) is 11.1. The van der Waals surface area contributed by atoms with Crippen LogP contribution < -0.4 is 10.1 Å². The molecule has 0 unspecified atom stereocenters. The van der Waals surface area contributed by atoms with E-state index in [0.29, 0.717) is 13.0 Å². The first-order valence-corrected chi connectivity index (χ1v) is 6.86. The van der Waals surface area contributed by atoms with Gasteiger partial charge in [0, 0.05) is 13.0 Å². The van der Waals surface area contributed by atoms with Crippen LogP contribution in [0.2, 0.25) is 0 Å². The van der Waals surface area contributed by atoms with Crippen molar-refractivity contribution in [1.82, 2.24) is 5.32 Å². The van der Waals surface area contributed by atoms with Gasteiger partial charge in [-0.2, -0.15) is 0 Å². The minimum absolute atomic E-state index is 0.0450. The monoisotopic (exact) mass is 261 g/mol. The molecule has 4 heteroatoms. The van der Waals surface area contributed by atoms with Gasteiger partial charge in [-0.05, 0) is 42.5 Å². The summed E-state index contributed by atoms with van der Waals surface area (Å²) in [6, 6.07) is 6.12. The van der Waals surface area contributed by atoms with Crippen molar-refractivity contribution in [2.45, 2.75) is 37.8 Å². The summed E-state index contributed by atoms with van der Waals surface area (Å²) < 4.78 is 10.7. The van der Waals surface area contributed by atoms with Gasteiger partial charge in [-0.25, -0.2) is 0 Å². The molecule has 1 aromatic carbocycles. The summed E-state index contributed by atoms with van der Waals surface area (Å²) >= 11 is 0. The van der Waals surface area contributed by atoms with Gasteiger partial charge in [0.25, 0.3) is 0 Å². The topological polar surface area (TPSA) is 47.6 Å². The van der Waals surface area contributed by atoms with Crippen LogP contribution in [0.3, 0.4) is 0 Å². The van der Waals surface area contributed by atoms with Crippen LogP contribution in [0.1, 0.15) is 24.0 Å². The number of benzene rings is 1. The number of carbonyl (C=O) groups excluding carboxylic acids is 1. The quantitative estimate of drug-likeness (QED) is 0.837. The van der Waals surface area contributed by atoms with Gasteiger partial charge in [-0.15, -0.1) is 0 Å². The highest BCUT2D eigenvalue weighted by Crippen LogP contribution is 2.27. The van der Waals surface area contributed by atoms with Crippen molar-refractivity contribution in [2.75, 3.05) is 13.7 Å². The molecule has 1 saturated heterocycles. The van der Waals surface area contributed by atoms with E-state index >= 15 is 0 Å². The molecule has 0 radical (unpaired) electrons. The van der Waals surface area contributed by atoms with Crippen molar-refractivity contribution in [3.63, 3.8) is 0 Å². The standard InChI is InChI=1S/C15H19NO3/c1-18-15(17)14-8-13(9-16-14)19-12-6-5-10-3-2-4-11(10)7-12/h5-7,13-14,16H,2-4,8-9H2,1H3/t13-,14-/m0/s1. The summed E-state index contributed by atoms with van der Waals surface area (Å²) in [4.78, 5) is 11.4. The zero-order chi connectivity index (χ0) is 13.2. The Morgan fingerprint density at radius 1 is 1.32 bits per heavy atom. The van der Waals surface area contributed by atoms with Crippen LogP contribution in [-0.2, 0) is 22.4 Å². The first kappa shape index (κ1) is 12.5. The Hall–Kier alpha value is -1.55. The predicted octanol–water partition coefficient (Wildman–Crippen LogP) is 1.46. The Labute approximate surface area is 113 Å². The lowest BCUT2D eigenvalue weighted by molar-refractivity contribution is -0.142. The number of fused-ring (bicyclic) bond motifs is 1. The van der Waals surface area contributed by atoms with Gasteiger partial charge in [0.05, 0.1) is 7.11 Å². The molecule has 1 aliphatic carbocycles. The highest BCUT2D eigenvalue weighted by Gasteiger charge is 2.31. The van der Waals surface area contributed by atoms with Gasteiger partial charge in [0.1, 0.15) is 17.9 Å². The number of methoxy groups -OCH3 is 1. The van der Waals surface area contributed by atoms with E-state index in [4.69, 9.17) is 9.47 Å². The smallest absolute Gasteiger partial charge is 0.323 e.